The molecule has 254 valence electrons. The van der Waals surface area contributed by atoms with Crippen molar-refractivity contribution in [2.45, 2.75) is 68.1 Å². The molecule has 1 aromatic carbocycles. The van der Waals surface area contributed by atoms with E-state index in [2.05, 4.69) is 14.1 Å². The molecule has 1 aliphatic heterocycles. The molecular weight excluding hydrogens is 697 g/mol. The third-order valence-electron chi connectivity index (χ3n) is 6.44. The van der Waals surface area contributed by atoms with Crippen LogP contribution in [0.2, 0.25) is 0 Å². The molecule has 0 spiro atoms. The van der Waals surface area contributed by atoms with Crippen LogP contribution in [0.3, 0.4) is 0 Å². The zero-order chi connectivity index (χ0) is 34.6. The van der Waals surface area contributed by atoms with Gasteiger partial charge in [0.1, 0.15) is 5.75 Å². The monoisotopic (exact) mass is 721 g/mol. The van der Waals surface area contributed by atoms with Gasteiger partial charge in [-0.1, -0.05) is 26.0 Å². The van der Waals surface area contributed by atoms with Crippen LogP contribution in [0.15, 0.2) is 36.5 Å². The summed E-state index contributed by atoms with van der Waals surface area (Å²) >= 11 is 0. The quantitative estimate of drug-likeness (QED) is 0.228. The maximum absolute atomic E-state index is 12.5. The number of hydrogen-bond acceptors (Lipinski definition) is 9. The van der Waals surface area contributed by atoms with Gasteiger partial charge in [-0.2, -0.15) is 64.8 Å². The predicted molar refractivity (Wildman–Crippen MR) is 140 cm³/mol. The highest BCUT2D eigenvalue weighted by atomic mass is 32.3. The smallest absolute Gasteiger partial charge is 0.376 e. The second kappa shape index (κ2) is 11.7. The minimum Gasteiger partial charge on any atom is -0.376 e. The van der Waals surface area contributed by atoms with Gasteiger partial charge in [0, 0.05) is 30.7 Å². The third kappa shape index (κ3) is 7.76. The lowest BCUT2D eigenvalue weighted by Crippen LogP contribution is -2.49. The van der Waals surface area contributed by atoms with Crippen LogP contribution in [0.25, 0.3) is 0 Å². The van der Waals surface area contributed by atoms with Gasteiger partial charge in [0.15, 0.2) is 5.82 Å². The van der Waals surface area contributed by atoms with Crippen molar-refractivity contribution in [2.24, 2.45) is 0 Å². The summed E-state index contributed by atoms with van der Waals surface area (Å²) in [7, 11) is -19.4. The van der Waals surface area contributed by atoms with Crippen molar-refractivity contribution in [2.75, 3.05) is 10.3 Å². The lowest BCUT2D eigenvalue weighted by molar-refractivity contribution is -0.0501. The van der Waals surface area contributed by atoms with E-state index in [0.29, 0.717) is 18.3 Å². The van der Waals surface area contributed by atoms with Crippen LogP contribution in [-0.4, -0.2) is 64.2 Å². The van der Waals surface area contributed by atoms with Gasteiger partial charge >= 0.3 is 46.7 Å². The molecule has 0 saturated heterocycles. The van der Waals surface area contributed by atoms with Crippen LogP contribution in [0.1, 0.15) is 43.4 Å². The second-order valence-corrected chi connectivity index (χ2v) is 15.9. The number of sulfonamides is 2. The summed E-state index contributed by atoms with van der Waals surface area (Å²) in [5.41, 5.74) is -16.2. The molecule has 2 aromatic rings. The first kappa shape index (κ1) is 36.6. The average molecular weight is 722 g/mol. The van der Waals surface area contributed by atoms with E-state index in [4.69, 9.17) is 0 Å². The van der Waals surface area contributed by atoms with Crippen molar-refractivity contribution in [3.63, 3.8) is 0 Å². The fraction of sp³-hybridized carbons (Fsp3) is 0.522. The normalized spacial score (nSPS) is 18.0. The standard InChI is InChI=1S/C15H18F3NO3S.C8H6F6N2O4S2/c1-14(2)9-19(11-4-5-11)8-10-3-6-12(7-13(10)14)22-23(20,21)15(16,17)18;1-5-2-3-6(15-4-5)16(21(17,18)7(9,10)11)22(19,20)8(12,13)14/h3,6-7,11H,4-5,8-9H2,1-2H3;2-4H,1H3. The Balaban J connectivity index is 0.000000246. The van der Waals surface area contributed by atoms with Crippen molar-refractivity contribution in [1.29, 1.82) is 0 Å². The molecular formula is C23H24F9N3O7S3. The first-order valence-corrected chi connectivity index (χ1v) is 16.6. The zero-order valence-electron chi connectivity index (χ0n) is 23.2. The SMILES string of the molecule is CC1(C)CN(C2CC2)Cc2ccc(OS(=O)(=O)C(F)(F)F)cc21.Cc1ccc(N(S(=O)(=O)C(F)(F)F)S(=O)(=O)C(F)(F)F)nc1. The molecule has 0 bridgehead atoms. The molecule has 2 aliphatic rings. The van der Waals surface area contributed by atoms with Gasteiger partial charge < -0.3 is 4.18 Å². The van der Waals surface area contributed by atoms with Crippen LogP contribution in [0, 0.1) is 6.92 Å². The number of benzene rings is 1. The largest absolute Gasteiger partial charge is 0.534 e. The molecule has 2 heterocycles. The molecule has 1 saturated carbocycles. The Hall–Kier alpha value is -2.85. The molecule has 0 amide bonds. The topological polar surface area (TPSA) is 131 Å². The highest BCUT2D eigenvalue weighted by Crippen LogP contribution is 2.41. The van der Waals surface area contributed by atoms with Gasteiger partial charge in [-0.05, 0) is 54.7 Å². The fourth-order valence-electron chi connectivity index (χ4n) is 4.25. The molecule has 4 rings (SSSR count). The number of alkyl halides is 9. The zero-order valence-corrected chi connectivity index (χ0v) is 25.6. The van der Waals surface area contributed by atoms with E-state index in [9.17, 15) is 64.8 Å². The van der Waals surface area contributed by atoms with Crippen molar-refractivity contribution >= 4 is 36.0 Å². The third-order valence-corrected chi connectivity index (χ3v) is 11.0. The van der Waals surface area contributed by atoms with Crippen LogP contribution >= 0.6 is 0 Å². The van der Waals surface area contributed by atoms with Crippen LogP contribution in [0.5, 0.6) is 5.75 Å². The Morgan fingerprint density at radius 1 is 0.844 bits per heavy atom. The molecule has 22 heteroatoms. The number of pyridine rings is 1. The van der Waals surface area contributed by atoms with Crippen LogP contribution < -0.4 is 7.89 Å². The number of anilines is 1. The highest BCUT2D eigenvalue weighted by Gasteiger charge is 2.62. The van der Waals surface area contributed by atoms with Crippen molar-refractivity contribution in [3.05, 3.63) is 53.2 Å². The Labute approximate surface area is 252 Å². The average Bonchev–Trinajstić information content (AvgIpc) is 3.69. The highest BCUT2D eigenvalue weighted by molar-refractivity contribution is 8.11. The van der Waals surface area contributed by atoms with Crippen molar-refractivity contribution in [3.8, 4) is 5.75 Å². The number of halogens is 9. The number of rotatable bonds is 6. The molecule has 0 atom stereocenters. The summed E-state index contributed by atoms with van der Waals surface area (Å²) in [6, 6.07) is 6.25. The summed E-state index contributed by atoms with van der Waals surface area (Å²) in [5, 5.41) is 0. The molecule has 1 fully saturated rings. The summed E-state index contributed by atoms with van der Waals surface area (Å²) in [5.74, 6) is -1.85. The number of hydrogen-bond donors (Lipinski definition) is 0. The van der Waals surface area contributed by atoms with Gasteiger partial charge in [-0.3, -0.25) is 4.90 Å². The van der Waals surface area contributed by atoms with E-state index in [1.165, 1.54) is 31.9 Å². The van der Waals surface area contributed by atoms with Crippen LogP contribution in [-0.2, 0) is 42.1 Å². The van der Waals surface area contributed by atoms with E-state index < -0.39 is 56.2 Å². The van der Waals surface area contributed by atoms with E-state index >= 15 is 0 Å². The van der Waals surface area contributed by atoms with Crippen molar-refractivity contribution < 1.29 is 69.0 Å². The molecule has 45 heavy (non-hydrogen) atoms. The summed E-state index contributed by atoms with van der Waals surface area (Å²) in [4.78, 5) is 5.38. The van der Waals surface area contributed by atoms with Gasteiger partial charge in [0.2, 0.25) is 0 Å². The van der Waals surface area contributed by atoms with E-state index in [1.54, 1.807) is 6.07 Å². The Bertz CT molecular complexity index is 1690. The minimum absolute atomic E-state index is 0.248. The number of aromatic nitrogens is 1. The van der Waals surface area contributed by atoms with E-state index in [-0.39, 0.29) is 16.7 Å². The number of fused-ring (bicyclic) bond motifs is 1. The van der Waals surface area contributed by atoms with Gasteiger partial charge in [0.05, 0.1) is 0 Å². The lowest BCUT2D eigenvalue weighted by Gasteiger charge is -2.40. The Morgan fingerprint density at radius 2 is 1.38 bits per heavy atom. The fourth-order valence-corrected chi connectivity index (χ4v) is 7.32. The summed E-state index contributed by atoms with van der Waals surface area (Å²) in [6.45, 7) is 6.87. The first-order chi connectivity index (χ1) is 20.1. The number of aryl methyl sites for hydroxylation is 1. The van der Waals surface area contributed by atoms with E-state index in [0.717, 1.165) is 30.3 Å². The van der Waals surface area contributed by atoms with Gasteiger partial charge in [-0.15, -0.1) is 3.71 Å². The van der Waals surface area contributed by atoms with Gasteiger partial charge in [0.25, 0.3) is 0 Å². The summed E-state index contributed by atoms with van der Waals surface area (Å²) < 4.78 is 182. The molecule has 1 aliphatic carbocycles. The predicted octanol–water partition coefficient (Wildman–Crippen LogP) is 5.07. The summed E-state index contributed by atoms with van der Waals surface area (Å²) in [6.07, 6.45) is 3.06. The molecule has 0 radical (unpaired) electrons. The maximum atomic E-state index is 12.5. The number of nitrogens with zero attached hydrogens (tertiary/aromatic N) is 3. The lowest BCUT2D eigenvalue weighted by atomic mass is 9.78. The first-order valence-electron chi connectivity index (χ1n) is 12.4. The molecule has 0 unspecified atom stereocenters. The minimum atomic E-state index is -6.88. The molecule has 10 nitrogen and oxygen atoms in total. The Kier molecular flexibility index (Phi) is 9.56. The van der Waals surface area contributed by atoms with Crippen molar-refractivity contribution in [1.82, 2.24) is 9.88 Å². The van der Waals surface area contributed by atoms with E-state index in [1.807, 2.05) is 13.8 Å². The molecule has 1 aromatic heterocycles. The Morgan fingerprint density at radius 3 is 1.80 bits per heavy atom. The van der Waals surface area contributed by atoms with Crippen LogP contribution in [0.4, 0.5) is 45.3 Å². The second-order valence-electron chi connectivity index (χ2n) is 10.6. The van der Waals surface area contributed by atoms with Gasteiger partial charge in [-0.25, -0.2) is 4.98 Å². The molecule has 0 N–H and O–H groups in total. The maximum Gasteiger partial charge on any atom is 0.534 e.